The maximum Gasteiger partial charge on any atom is 0.309 e. The van der Waals surface area contributed by atoms with Crippen LogP contribution in [0.4, 0.5) is 0 Å². The van der Waals surface area contributed by atoms with Crippen LogP contribution in [0.5, 0.6) is 0 Å². The van der Waals surface area contributed by atoms with Crippen molar-refractivity contribution in [2.24, 2.45) is 5.41 Å². The van der Waals surface area contributed by atoms with Gasteiger partial charge in [0.05, 0.1) is 5.41 Å². The second-order valence-electron chi connectivity index (χ2n) is 10.2. The Morgan fingerprint density at radius 1 is 0.935 bits per heavy atom. The number of rotatable bonds is 15. The Kier molecular flexibility index (Phi) is 7.82. The van der Waals surface area contributed by atoms with Crippen LogP contribution in [0.1, 0.15) is 105 Å². The fourth-order valence-electron chi connectivity index (χ4n) is 5.14. The molecule has 0 aromatic heterocycles. The first kappa shape index (κ1) is 23.8. The summed E-state index contributed by atoms with van der Waals surface area (Å²) in [7, 11) is 0. The van der Waals surface area contributed by atoms with E-state index in [0.29, 0.717) is 6.47 Å². The molecule has 0 bridgehead atoms. The summed E-state index contributed by atoms with van der Waals surface area (Å²) in [6, 6.07) is 2.39. The van der Waals surface area contributed by atoms with E-state index in [4.69, 9.17) is 4.74 Å². The third-order valence-electron chi connectivity index (χ3n) is 7.94. The summed E-state index contributed by atoms with van der Waals surface area (Å²) in [4.78, 5) is 21.9. The zero-order valence-corrected chi connectivity index (χ0v) is 19.7. The molecule has 0 amide bonds. The molecule has 2 saturated carbocycles. The maximum absolute atomic E-state index is 11.3. The van der Waals surface area contributed by atoms with Gasteiger partial charge >= 0.3 is 5.97 Å². The Morgan fingerprint density at radius 3 is 2.16 bits per heavy atom. The average molecular weight is 429 g/mol. The predicted octanol–water partition coefficient (Wildman–Crippen LogP) is 6.39. The molecule has 0 heterocycles. The van der Waals surface area contributed by atoms with Gasteiger partial charge in [-0.25, -0.2) is 0 Å². The molecule has 4 heteroatoms. The van der Waals surface area contributed by atoms with Crippen molar-refractivity contribution in [3.05, 3.63) is 33.9 Å². The van der Waals surface area contributed by atoms with Crippen molar-refractivity contribution in [2.45, 2.75) is 116 Å². The van der Waals surface area contributed by atoms with Gasteiger partial charge in [0.15, 0.2) is 0 Å². The van der Waals surface area contributed by atoms with E-state index in [0.717, 1.165) is 77.0 Å². The number of benzene rings is 1. The monoisotopic (exact) mass is 428 g/mol. The van der Waals surface area contributed by atoms with E-state index < -0.39 is 5.97 Å². The summed E-state index contributed by atoms with van der Waals surface area (Å²) in [5.74, 6) is -0.591. The maximum atomic E-state index is 11.3. The van der Waals surface area contributed by atoms with Gasteiger partial charge in [0.25, 0.3) is 6.47 Å². The van der Waals surface area contributed by atoms with Crippen LogP contribution in [-0.4, -0.2) is 23.1 Å². The summed E-state index contributed by atoms with van der Waals surface area (Å²) < 4.78 is 5.24. The van der Waals surface area contributed by atoms with E-state index in [1.165, 1.54) is 40.7 Å². The average Bonchev–Trinajstić information content (AvgIpc) is 3.65. The van der Waals surface area contributed by atoms with E-state index in [2.05, 4.69) is 26.8 Å². The van der Waals surface area contributed by atoms with Crippen LogP contribution in [0.2, 0.25) is 0 Å². The van der Waals surface area contributed by atoms with Gasteiger partial charge in [0, 0.05) is 0 Å². The number of unbranched alkanes of at least 4 members (excludes halogenated alkanes) is 4. The van der Waals surface area contributed by atoms with Crippen LogP contribution in [0.25, 0.3) is 0 Å². The lowest BCUT2D eigenvalue weighted by Gasteiger charge is -2.17. The van der Waals surface area contributed by atoms with Crippen molar-refractivity contribution in [1.82, 2.24) is 0 Å². The van der Waals surface area contributed by atoms with Crippen LogP contribution in [0.15, 0.2) is 6.07 Å². The van der Waals surface area contributed by atoms with Crippen molar-refractivity contribution >= 4 is 12.4 Å². The molecule has 1 aromatic carbocycles. The number of carboxylic acids is 1. The summed E-state index contributed by atoms with van der Waals surface area (Å²) in [6.07, 6.45) is 14.7. The molecular weight excluding hydrogens is 388 g/mol. The van der Waals surface area contributed by atoms with Crippen molar-refractivity contribution in [1.29, 1.82) is 0 Å². The number of carbonyl (C=O) groups excluding carboxylic acids is 1. The molecule has 2 aliphatic rings. The lowest BCUT2D eigenvalue weighted by Crippen LogP contribution is -2.14. The molecule has 0 unspecified atom stereocenters. The highest BCUT2D eigenvalue weighted by Crippen LogP contribution is 2.50. The van der Waals surface area contributed by atoms with Crippen LogP contribution >= 0.6 is 0 Å². The first-order chi connectivity index (χ1) is 14.8. The molecular formula is C27H40O4. The molecule has 31 heavy (non-hydrogen) atoms. The van der Waals surface area contributed by atoms with Crippen LogP contribution < -0.4 is 0 Å². The molecule has 1 N–H and O–H groups in total. The first-order valence-corrected chi connectivity index (χ1v) is 12.3. The molecule has 0 saturated heterocycles. The largest absolute Gasteiger partial charge is 0.481 e. The van der Waals surface area contributed by atoms with Gasteiger partial charge in [-0.05, 0) is 119 Å². The quantitative estimate of drug-likeness (QED) is 0.260. The normalized spacial score (nSPS) is 17.9. The molecule has 2 aliphatic carbocycles. The molecule has 0 atom stereocenters. The van der Waals surface area contributed by atoms with Crippen LogP contribution in [0.3, 0.4) is 0 Å². The van der Waals surface area contributed by atoms with Crippen LogP contribution in [-0.2, 0) is 27.2 Å². The second-order valence-corrected chi connectivity index (χ2v) is 10.2. The van der Waals surface area contributed by atoms with Gasteiger partial charge in [-0.15, -0.1) is 0 Å². The zero-order chi connectivity index (χ0) is 22.5. The number of ether oxygens (including phenoxy) is 1. The van der Waals surface area contributed by atoms with E-state index >= 15 is 0 Å². The Labute approximate surface area is 187 Å². The van der Waals surface area contributed by atoms with E-state index in [1.807, 2.05) is 0 Å². The predicted molar refractivity (Wildman–Crippen MR) is 123 cm³/mol. The van der Waals surface area contributed by atoms with Gasteiger partial charge in [-0.1, -0.05) is 25.3 Å². The molecule has 0 radical (unpaired) electrons. The number of carboxylic acid groups (broad SMARTS) is 1. The Balaban J connectivity index is 1.41. The van der Waals surface area contributed by atoms with Gasteiger partial charge in [0.1, 0.15) is 5.60 Å². The second kappa shape index (κ2) is 10.2. The molecule has 172 valence electrons. The number of hydrogen-bond acceptors (Lipinski definition) is 3. The summed E-state index contributed by atoms with van der Waals surface area (Å²) in [6.45, 7) is 7.37. The Bertz CT molecular complexity index is 787. The van der Waals surface area contributed by atoms with E-state index in [-0.39, 0.29) is 11.0 Å². The fourth-order valence-corrected chi connectivity index (χ4v) is 5.14. The minimum absolute atomic E-state index is 0.112. The first-order valence-electron chi connectivity index (χ1n) is 12.3. The zero-order valence-electron chi connectivity index (χ0n) is 19.7. The lowest BCUT2D eigenvalue weighted by molar-refractivity contribution is -0.143. The topological polar surface area (TPSA) is 63.6 Å². The Hall–Kier alpha value is -1.84. The SMILES string of the molecule is Cc1cc(CCCCCC2(OC=O)CC2)c(C)c(C)c1CCCCCC1(C(=O)O)CC1. The van der Waals surface area contributed by atoms with Gasteiger partial charge in [-0.2, -0.15) is 0 Å². The molecule has 1 aromatic rings. The van der Waals surface area contributed by atoms with Crippen molar-refractivity contribution < 1.29 is 19.4 Å². The third-order valence-corrected chi connectivity index (χ3v) is 7.94. The van der Waals surface area contributed by atoms with Crippen molar-refractivity contribution in [3.63, 3.8) is 0 Å². The molecule has 0 spiro atoms. The fraction of sp³-hybridized carbons (Fsp3) is 0.704. The number of hydrogen-bond donors (Lipinski definition) is 1. The molecule has 0 aliphatic heterocycles. The standard InChI is InChI=1S/C27H40O4/c1-20-18-23(10-6-4-9-13-27(16-17-27)31-19-28)21(2)22(3)24(20)11-7-5-8-12-26(14-15-26)25(29)30/h18-19H,4-17H2,1-3H3,(H,29,30). The van der Waals surface area contributed by atoms with Crippen LogP contribution in [0, 0.1) is 26.2 Å². The number of aryl methyl sites for hydroxylation is 2. The van der Waals surface area contributed by atoms with Gasteiger partial charge in [0.2, 0.25) is 0 Å². The highest BCUT2D eigenvalue weighted by molar-refractivity contribution is 5.77. The Morgan fingerprint density at radius 2 is 1.58 bits per heavy atom. The van der Waals surface area contributed by atoms with Gasteiger partial charge in [-0.3, -0.25) is 9.59 Å². The molecule has 4 nitrogen and oxygen atoms in total. The van der Waals surface area contributed by atoms with E-state index in [1.54, 1.807) is 0 Å². The van der Waals surface area contributed by atoms with Crippen molar-refractivity contribution in [3.8, 4) is 0 Å². The molecule has 3 rings (SSSR count). The van der Waals surface area contributed by atoms with Crippen molar-refractivity contribution in [2.75, 3.05) is 0 Å². The summed E-state index contributed by atoms with van der Waals surface area (Å²) in [5, 5.41) is 9.30. The molecule has 2 fully saturated rings. The highest BCUT2D eigenvalue weighted by atomic mass is 16.5. The number of carbonyl (C=O) groups is 2. The minimum Gasteiger partial charge on any atom is -0.481 e. The summed E-state index contributed by atoms with van der Waals surface area (Å²) >= 11 is 0. The lowest BCUT2D eigenvalue weighted by atomic mass is 9.88. The third kappa shape index (κ3) is 6.11. The van der Waals surface area contributed by atoms with E-state index in [9.17, 15) is 14.7 Å². The van der Waals surface area contributed by atoms with Gasteiger partial charge < -0.3 is 9.84 Å². The smallest absolute Gasteiger partial charge is 0.309 e. The highest BCUT2D eigenvalue weighted by Gasteiger charge is 2.49. The minimum atomic E-state index is -0.591. The summed E-state index contributed by atoms with van der Waals surface area (Å²) in [5.41, 5.74) is 6.76. The number of aliphatic carboxylic acids is 1.